The van der Waals surface area contributed by atoms with Gasteiger partial charge in [-0.05, 0) is 6.92 Å². The summed E-state index contributed by atoms with van der Waals surface area (Å²) in [5.41, 5.74) is 0. The van der Waals surface area contributed by atoms with Gasteiger partial charge in [0, 0.05) is 26.7 Å². The van der Waals surface area contributed by atoms with Gasteiger partial charge in [0.2, 0.25) is 5.91 Å². The van der Waals surface area contributed by atoms with Gasteiger partial charge in [0.05, 0.1) is 12.6 Å². The molecule has 0 spiro atoms. The average molecular weight is 172 g/mol. The highest BCUT2D eigenvalue weighted by Gasteiger charge is 2.27. The molecule has 0 aromatic rings. The van der Waals surface area contributed by atoms with Crippen LogP contribution in [0.1, 0.15) is 6.92 Å². The molecular weight excluding hydrogens is 156 g/mol. The maximum atomic E-state index is 11.0. The number of nitrogens with one attached hydrogen (secondary N) is 1. The number of likely N-dealkylation sites (tertiary alicyclic amines) is 1. The zero-order valence-corrected chi connectivity index (χ0v) is 7.67. The largest absolute Gasteiger partial charge is 0.379 e. The summed E-state index contributed by atoms with van der Waals surface area (Å²) in [6.07, 6.45) is 0.333. The number of amides is 1. The Labute approximate surface area is 72.9 Å². The first-order valence-electron chi connectivity index (χ1n) is 4.28. The summed E-state index contributed by atoms with van der Waals surface area (Å²) >= 11 is 0. The summed E-state index contributed by atoms with van der Waals surface area (Å²) in [5.74, 6) is 0.104. The lowest BCUT2D eigenvalue weighted by Gasteiger charge is -2.37. The van der Waals surface area contributed by atoms with Crippen molar-refractivity contribution in [1.29, 1.82) is 0 Å². The fourth-order valence-electron chi connectivity index (χ4n) is 1.26. The maximum Gasteiger partial charge on any atom is 0.234 e. The molecule has 1 saturated heterocycles. The number of hydrogen-bond acceptors (Lipinski definition) is 3. The highest BCUT2D eigenvalue weighted by atomic mass is 16.5. The van der Waals surface area contributed by atoms with Crippen molar-refractivity contribution in [3.8, 4) is 0 Å². The number of ether oxygens (including phenoxy) is 1. The molecule has 1 aliphatic rings. The summed E-state index contributed by atoms with van der Waals surface area (Å²) in [6.45, 7) is 4.90. The van der Waals surface area contributed by atoms with Gasteiger partial charge in [0.15, 0.2) is 0 Å². The summed E-state index contributed by atoms with van der Waals surface area (Å²) in [4.78, 5) is 13.1. The quantitative estimate of drug-likeness (QED) is 0.619. The number of carbonyl (C=O) groups excluding carboxylic acids is 1. The molecule has 0 radical (unpaired) electrons. The number of hydrogen-bond donors (Lipinski definition) is 1. The Hall–Kier alpha value is -0.610. The van der Waals surface area contributed by atoms with Crippen molar-refractivity contribution in [3.63, 3.8) is 0 Å². The van der Waals surface area contributed by atoms with Crippen LogP contribution in [0, 0.1) is 0 Å². The highest BCUT2D eigenvalue weighted by Crippen LogP contribution is 2.08. The molecule has 1 aliphatic heterocycles. The van der Waals surface area contributed by atoms with E-state index in [-0.39, 0.29) is 5.91 Å². The van der Waals surface area contributed by atoms with Crippen molar-refractivity contribution in [1.82, 2.24) is 10.2 Å². The van der Waals surface area contributed by atoms with Crippen LogP contribution in [0.3, 0.4) is 0 Å². The highest BCUT2D eigenvalue weighted by molar-refractivity contribution is 5.78. The maximum absolute atomic E-state index is 11.0. The lowest BCUT2D eigenvalue weighted by atomic mass is 10.2. The molecule has 12 heavy (non-hydrogen) atoms. The summed E-state index contributed by atoms with van der Waals surface area (Å²) in [5, 5.41) is 2.76. The van der Waals surface area contributed by atoms with Gasteiger partial charge >= 0.3 is 0 Å². The molecule has 1 N–H and O–H groups in total. The smallest absolute Gasteiger partial charge is 0.234 e. The molecule has 1 heterocycles. The van der Waals surface area contributed by atoms with E-state index in [2.05, 4.69) is 10.2 Å². The fourth-order valence-corrected chi connectivity index (χ4v) is 1.26. The predicted molar refractivity (Wildman–Crippen MR) is 45.9 cm³/mol. The lowest BCUT2D eigenvalue weighted by Crippen LogP contribution is -2.54. The Morgan fingerprint density at radius 1 is 1.67 bits per heavy atom. The van der Waals surface area contributed by atoms with Crippen LogP contribution in [0.4, 0.5) is 0 Å². The van der Waals surface area contributed by atoms with E-state index in [1.807, 2.05) is 6.92 Å². The van der Waals surface area contributed by atoms with Crippen LogP contribution in [-0.2, 0) is 9.53 Å². The third-order valence-corrected chi connectivity index (χ3v) is 2.00. The predicted octanol–water partition coefficient (Wildman–Crippen LogP) is -0.547. The minimum Gasteiger partial charge on any atom is -0.379 e. The topological polar surface area (TPSA) is 41.6 Å². The number of carbonyl (C=O) groups is 1. The molecule has 0 unspecified atom stereocenters. The first-order chi connectivity index (χ1) is 5.76. The van der Waals surface area contributed by atoms with Crippen molar-refractivity contribution in [2.24, 2.45) is 0 Å². The molecule has 4 heteroatoms. The average Bonchev–Trinajstić information content (AvgIpc) is 1.96. The number of likely N-dealkylation sites (N-methyl/N-ethyl adjacent to an activating group) is 1. The number of rotatable bonds is 4. The van der Waals surface area contributed by atoms with Crippen LogP contribution in [0.5, 0.6) is 0 Å². The van der Waals surface area contributed by atoms with Crippen molar-refractivity contribution < 1.29 is 9.53 Å². The van der Waals surface area contributed by atoms with Gasteiger partial charge in [0.1, 0.15) is 0 Å². The molecule has 0 aliphatic carbocycles. The molecule has 0 saturated carbocycles. The lowest BCUT2D eigenvalue weighted by molar-refractivity contribution is -0.125. The Morgan fingerprint density at radius 2 is 2.33 bits per heavy atom. The van der Waals surface area contributed by atoms with Gasteiger partial charge in [-0.15, -0.1) is 0 Å². The first kappa shape index (κ1) is 9.48. The van der Waals surface area contributed by atoms with Crippen LogP contribution in [-0.4, -0.2) is 50.2 Å². The normalized spacial score (nSPS) is 18.8. The number of nitrogens with zero attached hydrogens (tertiary/aromatic N) is 1. The molecular formula is C8H16N2O2. The van der Waals surface area contributed by atoms with Gasteiger partial charge < -0.3 is 10.1 Å². The van der Waals surface area contributed by atoms with Crippen LogP contribution in [0.15, 0.2) is 0 Å². The van der Waals surface area contributed by atoms with E-state index in [1.165, 1.54) is 0 Å². The molecule has 1 amide bonds. The van der Waals surface area contributed by atoms with Crippen molar-refractivity contribution >= 4 is 5.91 Å². The van der Waals surface area contributed by atoms with Gasteiger partial charge in [-0.25, -0.2) is 0 Å². The van der Waals surface area contributed by atoms with E-state index in [4.69, 9.17) is 4.74 Å². The van der Waals surface area contributed by atoms with Crippen molar-refractivity contribution in [2.45, 2.75) is 13.0 Å². The zero-order valence-electron chi connectivity index (χ0n) is 7.67. The molecule has 1 fully saturated rings. The number of methoxy groups -OCH3 is 1. The monoisotopic (exact) mass is 172 g/mol. The minimum absolute atomic E-state index is 0.104. The van der Waals surface area contributed by atoms with Gasteiger partial charge in [-0.2, -0.15) is 0 Å². The Bertz CT molecular complexity index is 155. The molecule has 0 atom stereocenters. The minimum atomic E-state index is 0.104. The van der Waals surface area contributed by atoms with Crippen LogP contribution >= 0.6 is 0 Å². The molecule has 1 rings (SSSR count). The first-order valence-corrected chi connectivity index (χ1v) is 4.28. The Morgan fingerprint density at radius 3 is 2.83 bits per heavy atom. The SMILES string of the molecule is CCNC(=O)CN1CC(OC)C1. The van der Waals surface area contributed by atoms with Crippen molar-refractivity contribution in [3.05, 3.63) is 0 Å². The van der Waals surface area contributed by atoms with E-state index in [1.54, 1.807) is 7.11 Å². The van der Waals surface area contributed by atoms with Gasteiger partial charge in [-0.3, -0.25) is 9.69 Å². The zero-order chi connectivity index (χ0) is 8.97. The van der Waals surface area contributed by atoms with Crippen LogP contribution < -0.4 is 5.32 Å². The fraction of sp³-hybridized carbons (Fsp3) is 0.875. The Kier molecular flexibility index (Phi) is 3.49. The summed E-state index contributed by atoms with van der Waals surface area (Å²) < 4.78 is 5.08. The van der Waals surface area contributed by atoms with E-state index >= 15 is 0 Å². The molecule has 0 aromatic carbocycles. The third kappa shape index (κ3) is 2.46. The van der Waals surface area contributed by atoms with Gasteiger partial charge in [-0.1, -0.05) is 0 Å². The van der Waals surface area contributed by atoms with Crippen LogP contribution in [0.25, 0.3) is 0 Å². The van der Waals surface area contributed by atoms with E-state index in [0.29, 0.717) is 19.2 Å². The second-order valence-corrected chi connectivity index (χ2v) is 3.01. The summed E-state index contributed by atoms with van der Waals surface area (Å²) in [6, 6.07) is 0. The molecule has 4 nitrogen and oxygen atoms in total. The van der Waals surface area contributed by atoms with E-state index in [9.17, 15) is 4.79 Å². The summed E-state index contributed by atoms with van der Waals surface area (Å²) in [7, 11) is 1.70. The second-order valence-electron chi connectivity index (χ2n) is 3.01. The van der Waals surface area contributed by atoms with E-state index < -0.39 is 0 Å². The standard InChI is InChI=1S/C8H16N2O2/c1-3-9-8(11)6-10-4-7(5-10)12-2/h7H,3-6H2,1-2H3,(H,9,11). The third-order valence-electron chi connectivity index (χ3n) is 2.00. The molecule has 0 aromatic heterocycles. The van der Waals surface area contributed by atoms with E-state index in [0.717, 1.165) is 13.1 Å². The second kappa shape index (κ2) is 4.42. The van der Waals surface area contributed by atoms with Crippen molar-refractivity contribution in [2.75, 3.05) is 33.3 Å². The molecule has 70 valence electrons. The molecule has 0 bridgehead atoms. The Balaban J connectivity index is 2.06. The van der Waals surface area contributed by atoms with Gasteiger partial charge in [0.25, 0.3) is 0 Å². The van der Waals surface area contributed by atoms with Crippen LogP contribution in [0.2, 0.25) is 0 Å².